The summed E-state index contributed by atoms with van der Waals surface area (Å²) < 4.78 is 10.6. The van der Waals surface area contributed by atoms with Gasteiger partial charge in [0.15, 0.2) is 29.3 Å². The van der Waals surface area contributed by atoms with Crippen LogP contribution >= 0.6 is 22.6 Å². The number of hydrogen-bond donors (Lipinski definition) is 4. The molecule has 4 aromatic heterocycles. The molecule has 6 rings (SSSR count). The van der Waals surface area contributed by atoms with Gasteiger partial charge in [-0.15, -0.1) is 10.2 Å². The van der Waals surface area contributed by atoms with Crippen LogP contribution in [-0.2, 0) is 31.8 Å². The fraction of sp³-hybridized carbons (Fsp3) is 0.375. The first-order valence-corrected chi connectivity index (χ1v) is 13.6. The van der Waals surface area contributed by atoms with Crippen molar-refractivity contribution in [1.82, 2.24) is 49.3 Å². The van der Waals surface area contributed by atoms with Crippen LogP contribution in [0.2, 0.25) is 0 Å². The summed E-state index contributed by atoms with van der Waals surface area (Å²) in [7, 11) is 3.54. The van der Waals surface area contributed by atoms with E-state index in [1.165, 1.54) is 11.1 Å². The molecule has 5 heterocycles. The minimum absolute atomic E-state index is 0.173. The topological polar surface area (TPSA) is 179 Å². The first-order chi connectivity index (χ1) is 19.4. The zero-order valence-corrected chi connectivity index (χ0v) is 23.8. The number of benzene rings is 1. The Bertz CT molecular complexity index is 1630. The molecule has 0 amide bonds. The van der Waals surface area contributed by atoms with E-state index in [1.54, 1.807) is 17.9 Å². The predicted octanol–water partition coefficient (Wildman–Crippen LogP) is 0.946. The van der Waals surface area contributed by atoms with Crippen molar-refractivity contribution >= 4 is 45.5 Å². The smallest absolute Gasteiger partial charge is 0.226 e. The van der Waals surface area contributed by atoms with Crippen molar-refractivity contribution in [2.75, 3.05) is 17.2 Å². The lowest BCUT2D eigenvalue weighted by Gasteiger charge is -2.17. The second-order valence-electron chi connectivity index (χ2n) is 9.48. The molecule has 1 fully saturated rings. The minimum atomic E-state index is -1.29. The van der Waals surface area contributed by atoms with Gasteiger partial charge in [-0.25, -0.2) is 9.97 Å². The molecule has 0 bridgehead atoms. The molecule has 4 N–H and O–H groups in total. The molecule has 1 aliphatic heterocycles. The number of nitrogens with zero attached hydrogens (tertiary/aromatic N) is 10. The summed E-state index contributed by atoms with van der Waals surface area (Å²) in [5.74, 6) is 1.06. The summed E-state index contributed by atoms with van der Waals surface area (Å²) in [5.41, 5.74) is 2.94. The summed E-state index contributed by atoms with van der Waals surface area (Å²) in [6, 6.07) is 8.15. The second kappa shape index (κ2) is 11.0. The van der Waals surface area contributed by atoms with E-state index in [9.17, 15) is 10.2 Å². The molecule has 1 aliphatic rings. The lowest BCUT2D eigenvalue weighted by Crippen LogP contribution is -2.29. The number of imidazole rings is 2. The highest BCUT2D eigenvalue weighted by molar-refractivity contribution is 14.1. The maximum Gasteiger partial charge on any atom is 0.226 e. The van der Waals surface area contributed by atoms with E-state index >= 15 is 0 Å². The molecule has 5 aromatic rings. The predicted molar refractivity (Wildman–Crippen MR) is 151 cm³/mol. The van der Waals surface area contributed by atoms with Gasteiger partial charge in [0.2, 0.25) is 11.8 Å². The molecule has 15 nitrogen and oxygen atoms in total. The highest BCUT2D eigenvalue weighted by Gasteiger charge is 2.47. The van der Waals surface area contributed by atoms with Gasteiger partial charge in [-0.05, 0) is 45.5 Å². The second-order valence-corrected chi connectivity index (χ2v) is 10.7. The number of aliphatic hydroxyl groups is 2. The third-order valence-electron chi connectivity index (χ3n) is 6.48. The molecule has 16 heteroatoms. The van der Waals surface area contributed by atoms with E-state index in [-0.39, 0.29) is 5.82 Å². The van der Waals surface area contributed by atoms with Crippen molar-refractivity contribution < 1.29 is 14.9 Å². The number of rotatable bonds is 9. The van der Waals surface area contributed by atoms with Crippen LogP contribution in [0.1, 0.15) is 29.4 Å². The van der Waals surface area contributed by atoms with Crippen molar-refractivity contribution in [3.63, 3.8) is 0 Å². The van der Waals surface area contributed by atoms with Gasteiger partial charge < -0.3 is 30.2 Å². The van der Waals surface area contributed by atoms with Gasteiger partial charge in [-0.3, -0.25) is 4.57 Å². The lowest BCUT2D eigenvalue weighted by atomic mass is 10.1. The molecular weight excluding hydrogens is 631 g/mol. The zero-order chi connectivity index (χ0) is 27.8. The highest BCUT2D eigenvalue weighted by Crippen LogP contribution is 2.39. The van der Waals surface area contributed by atoms with Crippen LogP contribution in [0.25, 0.3) is 11.2 Å². The average Bonchev–Trinajstić information content (AvgIpc) is 3.71. The Morgan fingerprint density at radius 2 is 1.95 bits per heavy atom. The number of ether oxygens (including phenoxy) is 1. The van der Waals surface area contributed by atoms with Gasteiger partial charge >= 0.3 is 0 Å². The van der Waals surface area contributed by atoms with Gasteiger partial charge in [-0.1, -0.05) is 12.1 Å². The number of aryl methyl sites for hydroxylation is 2. The maximum absolute atomic E-state index is 10.9. The standard InChI is InChI=1S/C24H27IN12O3/c1-35-10-15(28-11-35)6-7-26-24-30-20(27-9-13-4-3-5-14(25)8-13)16-22(31-24)37(12-29-16)23-18(39)17(38)19(40-23)21-32-34-36(2)33-21/h3-5,8,10-12,17-19,23,38-39H,6-7,9H2,1-2H3,(H2,26,27,30,31)/t17-,18+,19-,23+/m0/s1. The number of nitrogens with one attached hydrogen (secondary N) is 2. The van der Waals surface area contributed by atoms with E-state index in [1.807, 2.05) is 36.0 Å². The average molecular weight is 658 g/mol. The van der Waals surface area contributed by atoms with Crippen molar-refractivity contribution in [3.05, 3.63) is 63.8 Å². The summed E-state index contributed by atoms with van der Waals surface area (Å²) in [4.78, 5) is 19.6. The van der Waals surface area contributed by atoms with Crippen LogP contribution in [0.5, 0.6) is 0 Å². The van der Waals surface area contributed by atoms with Crippen molar-refractivity contribution in [3.8, 4) is 0 Å². The summed E-state index contributed by atoms with van der Waals surface area (Å²) in [6.45, 7) is 1.07. The highest BCUT2D eigenvalue weighted by atomic mass is 127. The Morgan fingerprint density at radius 1 is 1.07 bits per heavy atom. The number of hydrogen-bond acceptors (Lipinski definition) is 12. The quantitative estimate of drug-likeness (QED) is 0.165. The Balaban J connectivity index is 1.31. The third-order valence-corrected chi connectivity index (χ3v) is 7.15. The van der Waals surface area contributed by atoms with E-state index < -0.39 is 24.5 Å². The van der Waals surface area contributed by atoms with Crippen LogP contribution in [-0.4, -0.2) is 78.2 Å². The van der Waals surface area contributed by atoms with Crippen molar-refractivity contribution in [2.24, 2.45) is 14.1 Å². The number of anilines is 2. The molecule has 0 spiro atoms. The van der Waals surface area contributed by atoms with Gasteiger partial charge in [-0.2, -0.15) is 14.8 Å². The number of aromatic nitrogens is 10. The summed E-state index contributed by atoms with van der Waals surface area (Å²) in [5, 5.41) is 40.2. The fourth-order valence-electron chi connectivity index (χ4n) is 4.55. The van der Waals surface area contributed by atoms with Crippen LogP contribution in [0, 0.1) is 3.57 Å². The Kier molecular flexibility index (Phi) is 7.30. The SMILES string of the molecule is Cn1cnc(CCNc2nc(NCc3cccc(I)c3)c3ncn([C@@H]4O[C@H](c5nnn(C)n5)[C@@H](O)[C@H]4O)c3n2)c1. The molecule has 1 saturated heterocycles. The van der Waals surface area contributed by atoms with Crippen LogP contribution < -0.4 is 10.6 Å². The van der Waals surface area contributed by atoms with Gasteiger partial charge in [0.25, 0.3) is 0 Å². The van der Waals surface area contributed by atoms with Gasteiger partial charge in [0, 0.05) is 36.3 Å². The van der Waals surface area contributed by atoms with Crippen molar-refractivity contribution in [2.45, 2.75) is 37.5 Å². The van der Waals surface area contributed by atoms with Gasteiger partial charge in [0.05, 0.1) is 25.4 Å². The molecule has 208 valence electrons. The molecule has 0 unspecified atom stereocenters. The normalized spacial score (nSPS) is 20.8. The number of fused-ring (bicyclic) bond motifs is 1. The number of tetrazole rings is 1. The van der Waals surface area contributed by atoms with E-state index in [4.69, 9.17) is 14.7 Å². The number of aliphatic hydroxyl groups excluding tert-OH is 2. The van der Waals surface area contributed by atoms with E-state index in [0.29, 0.717) is 42.4 Å². The first kappa shape index (κ1) is 26.5. The molecule has 0 radical (unpaired) electrons. The van der Waals surface area contributed by atoms with Crippen molar-refractivity contribution in [1.29, 1.82) is 0 Å². The molecule has 0 aliphatic carbocycles. The Labute approximate surface area is 241 Å². The fourth-order valence-corrected chi connectivity index (χ4v) is 5.16. The molecule has 40 heavy (non-hydrogen) atoms. The van der Waals surface area contributed by atoms with E-state index in [2.05, 4.69) is 64.7 Å². The van der Waals surface area contributed by atoms with Crippen LogP contribution in [0.15, 0.2) is 43.1 Å². The Hall–Kier alpha value is -3.74. The zero-order valence-electron chi connectivity index (χ0n) is 21.6. The summed E-state index contributed by atoms with van der Waals surface area (Å²) >= 11 is 2.28. The van der Waals surface area contributed by atoms with Crippen LogP contribution in [0.4, 0.5) is 11.8 Å². The maximum atomic E-state index is 10.9. The largest absolute Gasteiger partial charge is 0.387 e. The monoisotopic (exact) mass is 658 g/mol. The van der Waals surface area contributed by atoms with Crippen LogP contribution in [0.3, 0.4) is 0 Å². The van der Waals surface area contributed by atoms with Gasteiger partial charge in [0.1, 0.15) is 12.2 Å². The molecule has 0 saturated carbocycles. The summed E-state index contributed by atoms with van der Waals surface area (Å²) in [6.07, 6.45) is 1.38. The van der Waals surface area contributed by atoms with E-state index in [0.717, 1.165) is 14.8 Å². The first-order valence-electron chi connectivity index (χ1n) is 12.5. The Morgan fingerprint density at radius 3 is 2.70 bits per heavy atom. The lowest BCUT2D eigenvalue weighted by molar-refractivity contribution is -0.0384. The molecule has 1 aromatic carbocycles. The third kappa shape index (κ3) is 5.34. The minimum Gasteiger partial charge on any atom is -0.387 e. The molecular formula is C24H27IN12O3. The molecule has 4 atom stereocenters. The number of halogens is 1.